The Morgan fingerprint density at radius 1 is 1.36 bits per heavy atom. The number of nitrogens with one attached hydrogen (secondary N) is 2. The molecule has 2 rings (SSSR count). The minimum Gasteiger partial charge on any atom is -0.356 e. The molecule has 1 aromatic rings. The van der Waals surface area contributed by atoms with Crippen LogP contribution in [0, 0.1) is 5.41 Å². The van der Waals surface area contributed by atoms with E-state index in [0.29, 0.717) is 5.41 Å². The fraction of sp³-hybridized carbons (Fsp3) is 0.765. The Bertz CT molecular complexity index is 503. The van der Waals surface area contributed by atoms with Gasteiger partial charge in [-0.1, -0.05) is 34.1 Å². The van der Waals surface area contributed by atoms with Crippen molar-refractivity contribution in [2.24, 2.45) is 10.4 Å². The molecule has 124 valence electrons. The van der Waals surface area contributed by atoms with E-state index >= 15 is 0 Å². The Kier molecular flexibility index (Phi) is 5.48. The number of nitrogens with zero attached hydrogens (tertiary/aromatic N) is 2. The van der Waals surface area contributed by atoms with E-state index in [1.54, 1.807) is 11.3 Å². The molecule has 0 aromatic carbocycles. The second-order valence-corrected chi connectivity index (χ2v) is 8.24. The van der Waals surface area contributed by atoms with Crippen molar-refractivity contribution in [3.05, 3.63) is 16.1 Å². The summed E-state index contributed by atoms with van der Waals surface area (Å²) in [6.07, 6.45) is 5.30. The molecule has 5 heteroatoms. The van der Waals surface area contributed by atoms with Crippen LogP contribution in [-0.2, 0) is 12.0 Å². The molecule has 0 radical (unpaired) electrons. The summed E-state index contributed by atoms with van der Waals surface area (Å²) in [6.45, 7) is 10.6. The standard InChI is InChI=1S/C17H30N4S/c1-6-17(8-7-9-17)12-20-15(18-5)19-10-13-11-22-14(21-13)16(2,3)4/h11H,6-10,12H2,1-5H3,(H2,18,19,20). The molecule has 0 unspecified atom stereocenters. The van der Waals surface area contributed by atoms with Crippen LogP contribution in [0.4, 0.5) is 0 Å². The van der Waals surface area contributed by atoms with Gasteiger partial charge in [0.15, 0.2) is 5.96 Å². The first kappa shape index (κ1) is 17.3. The summed E-state index contributed by atoms with van der Waals surface area (Å²) in [5.74, 6) is 0.880. The van der Waals surface area contributed by atoms with E-state index in [1.807, 2.05) is 7.05 Å². The number of hydrogen-bond acceptors (Lipinski definition) is 3. The van der Waals surface area contributed by atoms with E-state index in [1.165, 1.54) is 30.7 Å². The van der Waals surface area contributed by atoms with Crippen molar-refractivity contribution in [3.8, 4) is 0 Å². The molecule has 4 nitrogen and oxygen atoms in total. The Labute approximate surface area is 138 Å². The van der Waals surface area contributed by atoms with Crippen molar-refractivity contribution in [1.82, 2.24) is 15.6 Å². The lowest BCUT2D eigenvalue weighted by atomic mass is 9.67. The lowest BCUT2D eigenvalue weighted by molar-refractivity contribution is 0.131. The topological polar surface area (TPSA) is 49.3 Å². The first-order valence-corrected chi connectivity index (χ1v) is 9.16. The van der Waals surface area contributed by atoms with Gasteiger partial charge in [-0.2, -0.15) is 0 Å². The maximum absolute atomic E-state index is 4.71. The number of aromatic nitrogens is 1. The predicted octanol–water partition coefficient (Wildman–Crippen LogP) is 3.69. The van der Waals surface area contributed by atoms with Gasteiger partial charge in [0.1, 0.15) is 0 Å². The van der Waals surface area contributed by atoms with Crippen LogP contribution in [-0.4, -0.2) is 24.5 Å². The number of hydrogen-bond donors (Lipinski definition) is 2. The second kappa shape index (κ2) is 6.99. The molecule has 1 aromatic heterocycles. The highest BCUT2D eigenvalue weighted by molar-refractivity contribution is 7.09. The maximum atomic E-state index is 4.71. The van der Waals surface area contributed by atoms with Crippen molar-refractivity contribution in [2.45, 2.75) is 65.3 Å². The third kappa shape index (κ3) is 4.22. The molecular weight excluding hydrogens is 292 g/mol. The molecule has 0 amide bonds. The first-order chi connectivity index (χ1) is 10.4. The monoisotopic (exact) mass is 322 g/mol. The fourth-order valence-corrected chi connectivity index (χ4v) is 3.64. The quantitative estimate of drug-likeness (QED) is 0.642. The lowest BCUT2D eigenvalue weighted by Gasteiger charge is -2.41. The van der Waals surface area contributed by atoms with Crippen molar-refractivity contribution in [2.75, 3.05) is 13.6 Å². The molecule has 1 aliphatic carbocycles. The average Bonchev–Trinajstić information content (AvgIpc) is 2.90. The second-order valence-electron chi connectivity index (χ2n) is 7.38. The lowest BCUT2D eigenvalue weighted by Crippen LogP contribution is -2.46. The van der Waals surface area contributed by atoms with Crippen molar-refractivity contribution >= 4 is 17.3 Å². The number of thiazole rings is 1. The summed E-state index contributed by atoms with van der Waals surface area (Å²) in [4.78, 5) is 9.04. The van der Waals surface area contributed by atoms with Gasteiger partial charge in [-0.3, -0.25) is 4.99 Å². The summed E-state index contributed by atoms with van der Waals surface area (Å²) in [5, 5.41) is 10.2. The minimum absolute atomic E-state index is 0.126. The summed E-state index contributed by atoms with van der Waals surface area (Å²) in [5.41, 5.74) is 1.71. The van der Waals surface area contributed by atoms with Crippen LogP contribution < -0.4 is 10.6 Å². The SMILES string of the molecule is CCC1(CNC(=NC)NCc2csc(C(C)(C)C)n2)CCC1. The van der Waals surface area contributed by atoms with Crippen LogP contribution in [0.1, 0.15) is 64.1 Å². The molecule has 1 fully saturated rings. The van der Waals surface area contributed by atoms with Gasteiger partial charge >= 0.3 is 0 Å². The summed E-state index contributed by atoms with van der Waals surface area (Å²) >= 11 is 1.74. The van der Waals surface area contributed by atoms with Gasteiger partial charge in [-0.05, 0) is 24.7 Å². The molecular formula is C17H30N4S. The van der Waals surface area contributed by atoms with Gasteiger partial charge in [-0.25, -0.2) is 4.98 Å². The number of aliphatic imine (C=N–C) groups is 1. The minimum atomic E-state index is 0.126. The van der Waals surface area contributed by atoms with Crippen LogP contribution in [0.25, 0.3) is 0 Å². The molecule has 1 saturated carbocycles. The fourth-order valence-electron chi connectivity index (χ4n) is 2.73. The van der Waals surface area contributed by atoms with Crippen molar-refractivity contribution < 1.29 is 0 Å². The van der Waals surface area contributed by atoms with Crippen LogP contribution >= 0.6 is 11.3 Å². The third-order valence-corrected chi connectivity index (χ3v) is 5.97. The normalized spacial score (nSPS) is 18.0. The van der Waals surface area contributed by atoms with Crippen LogP contribution in [0.2, 0.25) is 0 Å². The summed E-state index contributed by atoms with van der Waals surface area (Å²) in [7, 11) is 1.83. The summed E-state index contributed by atoms with van der Waals surface area (Å²) in [6, 6.07) is 0. The number of rotatable bonds is 5. The Morgan fingerprint density at radius 3 is 2.55 bits per heavy atom. The van der Waals surface area contributed by atoms with E-state index in [2.05, 4.69) is 48.7 Å². The van der Waals surface area contributed by atoms with Gasteiger partial charge in [0.05, 0.1) is 17.2 Å². The molecule has 2 N–H and O–H groups in total. The maximum Gasteiger partial charge on any atom is 0.191 e. The molecule has 0 saturated heterocycles. The van der Waals surface area contributed by atoms with Crippen molar-refractivity contribution in [1.29, 1.82) is 0 Å². The van der Waals surface area contributed by atoms with E-state index in [4.69, 9.17) is 4.98 Å². The Hall–Kier alpha value is -1.10. The van der Waals surface area contributed by atoms with Gasteiger partial charge in [0, 0.05) is 24.4 Å². The molecule has 22 heavy (non-hydrogen) atoms. The molecule has 0 aliphatic heterocycles. The first-order valence-electron chi connectivity index (χ1n) is 8.28. The zero-order chi connectivity index (χ0) is 16.2. The molecule has 0 atom stereocenters. The highest BCUT2D eigenvalue weighted by atomic mass is 32.1. The molecule has 0 bridgehead atoms. The average molecular weight is 323 g/mol. The smallest absolute Gasteiger partial charge is 0.191 e. The van der Waals surface area contributed by atoms with E-state index in [0.717, 1.165) is 24.7 Å². The molecule has 0 spiro atoms. The van der Waals surface area contributed by atoms with Gasteiger partial charge in [0.25, 0.3) is 0 Å². The van der Waals surface area contributed by atoms with Gasteiger partial charge in [0.2, 0.25) is 0 Å². The van der Waals surface area contributed by atoms with Crippen LogP contribution in [0.5, 0.6) is 0 Å². The van der Waals surface area contributed by atoms with Crippen molar-refractivity contribution in [3.63, 3.8) is 0 Å². The summed E-state index contributed by atoms with van der Waals surface area (Å²) < 4.78 is 0. The van der Waals surface area contributed by atoms with E-state index < -0.39 is 0 Å². The predicted molar refractivity (Wildman–Crippen MR) is 95.6 cm³/mol. The van der Waals surface area contributed by atoms with E-state index in [9.17, 15) is 0 Å². The highest BCUT2D eigenvalue weighted by Gasteiger charge is 2.34. The van der Waals surface area contributed by atoms with Gasteiger partial charge in [-0.15, -0.1) is 11.3 Å². The number of guanidine groups is 1. The van der Waals surface area contributed by atoms with E-state index in [-0.39, 0.29) is 5.41 Å². The van der Waals surface area contributed by atoms with Gasteiger partial charge < -0.3 is 10.6 Å². The largest absolute Gasteiger partial charge is 0.356 e. The molecule has 1 aliphatic rings. The Balaban J connectivity index is 1.82. The molecule has 1 heterocycles. The zero-order valence-electron chi connectivity index (χ0n) is 14.6. The third-order valence-electron chi connectivity index (χ3n) is 4.65. The Morgan fingerprint density at radius 2 is 2.09 bits per heavy atom. The highest BCUT2D eigenvalue weighted by Crippen LogP contribution is 2.42. The zero-order valence-corrected chi connectivity index (χ0v) is 15.4. The van der Waals surface area contributed by atoms with Crippen LogP contribution in [0.3, 0.4) is 0 Å². The van der Waals surface area contributed by atoms with Crippen LogP contribution in [0.15, 0.2) is 10.4 Å².